The number of fused-ring (bicyclic) bond motifs is 1. The molecule has 7 rings (SSSR count). The van der Waals surface area contributed by atoms with Gasteiger partial charge in [0, 0.05) is 19.4 Å². The molecule has 184 valence electrons. The average molecular weight is 468 g/mol. The van der Waals surface area contributed by atoms with Crippen LogP contribution in [0.5, 0.6) is 11.5 Å². The quantitative estimate of drug-likeness (QED) is 0.396. The van der Waals surface area contributed by atoms with E-state index in [0.29, 0.717) is 34.5 Å². The molecule has 0 amide bonds. The maximum atomic E-state index is 12.8. The van der Waals surface area contributed by atoms with Crippen molar-refractivity contribution in [2.24, 2.45) is 10.8 Å². The first-order valence-corrected chi connectivity index (χ1v) is 13.0. The molecule has 2 bridgehead atoms. The van der Waals surface area contributed by atoms with Crippen molar-refractivity contribution >= 4 is 13.1 Å². The van der Waals surface area contributed by atoms with E-state index in [1.165, 1.54) is 25.7 Å². The van der Waals surface area contributed by atoms with E-state index in [1.54, 1.807) is 21.0 Å². The van der Waals surface area contributed by atoms with Crippen LogP contribution >= 0.6 is 0 Å². The molecule has 6 nitrogen and oxygen atoms in total. The Morgan fingerprint density at radius 3 is 2.26 bits per heavy atom. The summed E-state index contributed by atoms with van der Waals surface area (Å²) >= 11 is 0. The average Bonchev–Trinajstić information content (AvgIpc) is 3.46. The van der Waals surface area contributed by atoms with E-state index in [0.717, 1.165) is 37.6 Å². The molecule has 2 heterocycles. The minimum absolute atomic E-state index is 0.108. The lowest BCUT2D eigenvalue weighted by Gasteiger charge is -2.66. The lowest BCUT2D eigenvalue weighted by atomic mass is 9.41. The van der Waals surface area contributed by atoms with Crippen molar-refractivity contribution in [3.05, 3.63) is 23.3 Å². The summed E-state index contributed by atoms with van der Waals surface area (Å²) in [6, 6.07) is 3.91. The van der Waals surface area contributed by atoms with Crippen molar-refractivity contribution in [2.75, 3.05) is 13.7 Å². The summed E-state index contributed by atoms with van der Waals surface area (Å²) in [6.07, 6.45) is 10.3. The van der Waals surface area contributed by atoms with E-state index in [2.05, 4.69) is 19.9 Å². The van der Waals surface area contributed by atoms with Crippen LogP contribution in [0, 0.1) is 10.8 Å². The number of carbonyl (C=O) groups excluding carboxylic acids is 1. The van der Waals surface area contributed by atoms with Gasteiger partial charge in [0.15, 0.2) is 0 Å². The first-order chi connectivity index (χ1) is 16.1. The monoisotopic (exact) mass is 468 g/mol. The smallest absolute Gasteiger partial charge is 0.458 e. The summed E-state index contributed by atoms with van der Waals surface area (Å²) < 4.78 is 30.4. The molecule has 5 fully saturated rings. The Bertz CT molecular complexity index is 1000. The lowest BCUT2D eigenvalue weighted by molar-refractivity contribution is -0.180. The molecule has 0 aromatic heterocycles. The third-order valence-corrected chi connectivity index (χ3v) is 9.52. The Labute approximate surface area is 203 Å². The van der Waals surface area contributed by atoms with Crippen LogP contribution in [0.3, 0.4) is 0 Å². The molecule has 0 atom stereocenters. The van der Waals surface area contributed by atoms with Crippen LogP contribution in [0.15, 0.2) is 12.1 Å². The van der Waals surface area contributed by atoms with Gasteiger partial charge in [-0.2, -0.15) is 0 Å². The maximum Gasteiger partial charge on any atom is 0.458 e. The summed E-state index contributed by atoms with van der Waals surface area (Å²) in [5.41, 5.74) is 2.07. The fourth-order valence-electron chi connectivity index (χ4n) is 7.89. The minimum Gasteiger partial charge on any atom is -0.496 e. The van der Waals surface area contributed by atoms with Crippen molar-refractivity contribution in [1.29, 1.82) is 0 Å². The van der Waals surface area contributed by atoms with E-state index in [1.807, 2.05) is 6.07 Å². The number of esters is 1. The van der Waals surface area contributed by atoms with Crippen LogP contribution in [-0.2, 0) is 19.5 Å². The van der Waals surface area contributed by atoms with Crippen LogP contribution in [0.4, 0.5) is 0 Å². The van der Waals surface area contributed by atoms with Gasteiger partial charge >= 0.3 is 13.1 Å². The highest BCUT2D eigenvalue weighted by Crippen LogP contribution is 2.70. The second kappa shape index (κ2) is 7.16. The third-order valence-electron chi connectivity index (χ3n) is 9.52. The highest BCUT2D eigenvalue weighted by atomic mass is 16.7. The molecule has 1 aromatic rings. The second-order valence-corrected chi connectivity index (χ2v) is 12.4. The van der Waals surface area contributed by atoms with Gasteiger partial charge in [0.25, 0.3) is 0 Å². The number of methoxy groups -OCH3 is 1. The number of benzene rings is 1. The zero-order valence-corrected chi connectivity index (χ0v) is 21.3. The van der Waals surface area contributed by atoms with Gasteiger partial charge in [-0.25, -0.2) is 4.79 Å². The van der Waals surface area contributed by atoms with Crippen molar-refractivity contribution in [3.8, 4) is 11.5 Å². The predicted octanol–water partition coefficient (Wildman–Crippen LogP) is 5.67. The number of hydrogen-bond acceptors (Lipinski definition) is 6. The van der Waals surface area contributed by atoms with Crippen molar-refractivity contribution < 1.29 is 28.3 Å². The summed E-state index contributed by atoms with van der Waals surface area (Å²) in [6.45, 7) is 8.92. The Morgan fingerprint density at radius 2 is 1.68 bits per heavy atom. The Kier molecular flexibility index (Phi) is 4.78. The van der Waals surface area contributed by atoms with Gasteiger partial charge in [-0.05, 0) is 67.2 Å². The van der Waals surface area contributed by atoms with Gasteiger partial charge in [0.2, 0.25) is 5.79 Å². The van der Waals surface area contributed by atoms with Crippen molar-refractivity contribution in [2.45, 2.75) is 102 Å². The second-order valence-electron chi connectivity index (χ2n) is 12.4. The van der Waals surface area contributed by atoms with E-state index in [4.69, 9.17) is 23.5 Å². The van der Waals surface area contributed by atoms with E-state index in [9.17, 15) is 4.79 Å². The molecule has 1 spiro atoms. The van der Waals surface area contributed by atoms with Gasteiger partial charge in [-0.3, -0.25) is 0 Å². The van der Waals surface area contributed by atoms with E-state index >= 15 is 0 Å². The Balaban J connectivity index is 1.26. The molecular weight excluding hydrogens is 431 g/mol. The fraction of sp³-hybridized carbons (Fsp3) is 0.741. The Morgan fingerprint density at radius 1 is 1.00 bits per heavy atom. The predicted molar refractivity (Wildman–Crippen MR) is 128 cm³/mol. The molecule has 0 radical (unpaired) electrons. The van der Waals surface area contributed by atoms with Crippen molar-refractivity contribution in [1.82, 2.24) is 0 Å². The van der Waals surface area contributed by atoms with Crippen LogP contribution < -0.4 is 9.47 Å². The lowest BCUT2D eigenvalue weighted by Crippen LogP contribution is -2.60. The number of cyclic esters (lactones) is 1. The van der Waals surface area contributed by atoms with Gasteiger partial charge in [-0.1, -0.05) is 32.8 Å². The number of carbonyl (C=O) groups is 1. The van der Waals surface area contributed by atoms with Crippen LogP contribution in [-0.4, -0.2) is 38.2 Å². The molecular formula is C27H37BO6. The normalized spacial score (nSPS) is 36.4. The molecule has 4 aliphatic carbocycles. The molecule has 0 N–H and O–H groups in total. The molecule has 1 saturated heterocycles. The Hall–Kier alpha value is -1.73. The van der Waals surface area contributed by atoms with Crippen LogP contribution in [0.1, 0.15) is 95.0 Å². The van der Waals surface area contributed by atoms with E-state index < -0.39 is 11.8 Å². The summed E-state index contributed by atoms with van der Waals surface area (Å²) in [7, 11) is 1.35. The topological polar surface area (TPSA) is 63.2 Å². The maximum absolute atomic E-state index is 12.8. The number of ether oxygens (including phenoxy) is 3. The van der Waals surface area contributed by atoms with E-state index in [-0.39, 0.29) is 18.1 Å². The standard InChI is InChI=1S/C27H37BO6/c1-6-24-12-25(7-2,13-24)15-27(14-24)17-31-28(34-27)16-26(10-11-26)18-8-9-19(30-5)20-21(18)32-23(3,4)33-22(20)29/h8-9H,6-7,10-17H2,1-5H3. The molecule has 4 saturated carbocycles. The molecule has 1 aromatic carbocycles. The van der Waals surface area contributed by atoms with Gasteiger partial charge < -0.3 is 23.5 Å². The van der Waals surface area contributed by atoms with Gasteiger partial charge in [0.1, 0.15) is 17.1 Å². The summed E-state index contributed by atoms with van der Waals surface area (Å²) in [5.74, 6) is -0.333. The fourth-order valence-corrected chi connectivity index (χ4v) is 7.89. The first kappa shape index (κ1) is 22.7. The molecule has 7 heteroatoms. The van der Waals surface area contributed by atoms with Crippen LogP contribution in [0.25, 0.3) is 0 Å². The zero-order valence-electron chi connectivity index (χ0n) is 21.3. The van der Waals surface area contributed by atoms with Crippen molar-refractivity contribution in [3.63, 3.8) is 0 Å². The molecule has 6 aliphatic rings. The summed E-state index contributed by atoms with van der Waals surface area (Å²) in [5, 5.41) is 0. The summed E-state index contributed by atoms with van der Waals surface area (Å²) in [4.78, 5) is 12.8. The van der Waals surface area contributed by atoms with Gasteiger partial charge in [-0.15, -0.1) is 0 Å². The zero-order chi connectivity index (χ0) is 24.0. The molecule has 2 aliphatic heterocycles. The number of rotatable bonds is 6. The van der Waals surface area contributed by atoms with Gasteiger partial charge in [0.05, 0.1) is 19.3 Å². The highest BCUT2D eigenvalue weighted by Gasteiger charge is 2.65. The largest absolute Gasteiger partial charge is 0.496 e. The molecule has 0 unspecified atom stereocenters. The number of hydrogen-bond donors (Lipinski definition) is 0. The minimum atomic E-state index is -1.02. The molecule has 34 heavy (non-hydrogen) atoms. The first-order valence-electron chi connectivity index (χ1n) is 13.0. The van der Waals surface area contributed by atoms with Crippen LogP contribution in [0.2, 0.25) is 6.32 Å². The highest BCUT2D eigenvalue weighted by molar-refractivity contribution is 6.45. The SMILES string of the molecule is CCC12CC(CC)(C1)CC1(COB(CC3(c4ccc(OC)c5c4OC(C)(C)OC5=O)CC3)O1)C2. The third kappa shape index (κ3) is 3.33.